The van der Waals surface area contributed by atoms with E-state index >= 15 is 0 Å². The zero-order valence-electron chi connectivity index (χ0n) is 26.9. The Kier molecular flexibility index (Phi) is 6.54. The molecule has 48 heavy (non-hydrogen) atoms. The molecule has 0 aliphatic rings. The first-order chi connectivity index (χ1) is 23.0. The molecule has 0 N–H and O–H groups in total. The van der Waals surface area contributed by atoms with Gasteiger partial charge in [-0.1, -0.05) is 66.7 Å². The Bertz CT molecular complexity index is 2540. The number of hydrogen-bond donors (Lipinski definition) is 0. The normalized spacial score (nSPS) is 12.0. The van der Waals surface area contributed by atoms with Gasteiger partial charge in [-0.2, -0.15) is 18.4 Å². The Morgan fingerprint density at radius 2 is 0.896 bits per heavy atom. The molecule has 2 heterocycles. The molecule has 234 valence electrons. The zero-order chi connectivity index (χ0) is 33.5. The van der Waals surface area contributed by atoms with Gasteiger partial charge in [-0.15, -0.1) is 0 Å². The average Bonchev–Trinajstić information content (AvgIpc) is 3.53. The summed E-state index contributed by atoms with van der Waals surface area (Å²) in [5, 5.41) is 14.8. The van der Waals surface area contributed by atoms with Crippen LogP contribution in [0, 0.1) is 39.0 Å². The maximum absolute atomic E-state index is 14.5. The summed E-state index contributed by atoms with van der Waals surface area (Å²) in [6, 6.07) is 36.6. The van der Waals surface area contributed by atoms with E-state index < -0.39 is 11.7 Å². The third-order valence-electron chi connectivity index (χ3n) is 9.40. The van der Waals surface area contributed by atoms with Crippen molar-refractivity contribution in [2.75, 3.05) is 0 Å². The van der Waals surface area contributed by atoms with Crippen molar-refractivity contribution in [3.63, 3.8) is 0 Å². The second-order valence-electron chi connectivity index (χ2n) is 12.8. The van der Waals surface area contributed by atoms with Gasteiger partial charge in [0.05, 0.1) is 50.6 Å². The van der Waals surface area contributed by atoms with Crippen molar-refractivity contribution in [2.45, 2.75) is 33.9 Å². The molecule has 0 radical (unpaired) electrons. The highest BCUT2D eigenvalue weighted by molar-refractivity contribution is 6.12. The largest absolute Gasteiger partial charge is 0.417 e. The van der Waals surface area contributed by atoms with Gasteiger partial charge in [0.1, 0.15) is 0 Å². The van der Waals surface area contributed by atoms with Gasteiger partial charge in [0.15, 0.2) is 0 Å². The predicted octanol–water partition coefficient (Wildman–Crippen LogP) is 11.7. The van der Waals surface area contributed by atoms with Crippen LogP contribution in [0.5, 0.6) is 0 Å². The summed E-state index contributed by atoms with van der Waals surface area (Å²) in [5.74, 6) is 0. The first-order valence-electron chi connectivity index (χ1n) is 15.8. The number of aryl methyl sites for hydroxylation is 4. The minimum Gasteiger partial charge on any atom is -0.307 e. The van der Waals surface area contributed by atoms with E-state index in [1.54, 1.807) is 18.2 Å². The summed E-state index contributed by atoms with van der Waals surface area (Å²) in [4.78, 5) is 0. The van der Waals surface area contributed by atoms with E-state index in [1.165, 1.54) is 12.1 Å². The van der Waals surface area contributed by atoms with Gasteiger partial charge in [-0.05, 0) is 98.0 Å². The van der Waals surface area contributed by atoms with Crippen molar-refractivity contribution >= 4 is 43.6 Å². The monoisotopic (exact) mass is 633 g/mol. The summed E-state index contributed by atoms with van der Waals surface area (Å²) >= 11 is 0. The Morgan fingerprint density at radius 1 is 0.500 bits per heavy atom. The van der Waals surface area contributed by atoms with Gasteiger partial charge in [-0.3, -0.25) is 0 Å². The predicted molar refractivity (Wildman–Crippen MR) is 189 cm³/mol. The van der Waals surface area contributed by atoms with Crippen LogP contribution in [0.15, 0.2) is 109 Å². The van der Waals surface area contributed by atoms with E-state index in [0.717, 1.165) is 71.9 Å². The SMILES string of the molecule is Cc1ccc2c3ccc(C)cc3n(-c3cc(C#N)c(-c4ccccc4C(F)(F)F)cc3-n3c4cc(C)ccc4c4ccc(C)cc43)c2c1. The van der Waals surface area contributed by atoms with Gasteiger partial charge in [0.2, 0.25) is 0 Å². The van der Waals surface area contributed by atoms with Crippen LogP contribution in [0.1, 0.15) is 33.4 Å². The Morgan fingerprint density at radius 3 is 1.29 bits per heavy atom. The number of alkyl halides is 3. The lowest BCUT2D eigenvalue weighted by Crippen LogP contribution is -2.09. The zero-order valence-corrected chi connectivity index (χ0v) is 26.9. The molecular weight excluding hydrogens is 603 g/mol. The van der Waals surface area contributed by atoms with Crippen LogP contribution in [0.2, 0.25) is 0 Å². The third kappa shape index (κ3) is 4.50. The van der Waals surface area contributed by atoms with Gasteiger partial charge < -0.3 is 9.13 Å². The van der Waals surface area contributed by atoms with Crippen molar-refractivity contribution < 1.29 is 13.2 Å². The highest BCUT2D eigenvalue weighted by Gasteiger charge is 2.34. The first kappa shape index (κ1) is 29.6. The lowest BCUT2D eigenvalue weighted by molar-refractivity contribution is -0.137. The quantitative estimate of drug-likeness (QED) is 0.191. The van der Waals surface area contributed by atoms with E-state index in [4.69, 9.17) is 0 Å². The number of rotatable bonds is 3. The summed E-state index contributed by atoms with van der Waals surface area (Å²) in [5.41, 5.74) is 9.01. The number of nitrogens with zero attached hydrogens (tertiary/aromatic N) is 3. The molecule has 8 aromatic rings. The molecule has 0 atom stereocenters. The van der Waals surface area contributed by atoms with E-state index in [1.807, 2.05) is 27.7 Å². The van der Waals surface area contributed by atoms with E-state index in [0.29, 0.717) is 11.4 Å². The smallest absolute Gasteiger partial charge is 0.307 e. The topological polar surface area (TPSA) is 33.6 Å². The van der Waals surface area contributed by atoms with Crippen LogP contribution in [0.4, 0.5) is 13.2 Å². The molecule has 2 aromatic heterocycles. The highest BCUT2D eigenvalue weighted by Crippen LogP contribution is 2.44. The Labute approximate surface area is 275 Å². The fourth-order valence-electron chi connectivity index (χ4n) is 7.21. The highest BCUT2D eigenvalue weighted by atomic mass is 19.4. The van der Waals surface area contributed by atoms with Crippen molar-refractivity contribution in [3.8, 4) is 28.6 Å². The van der Waals surface area contributed by atoms with Gasteiger partial charge in [0, 0.05) is 27.1 Å². The molecule has 6 heteroatoms. The third-order valence-corrected chi connectivity index (χ3v) is 9.40. The molecule has 6 aromatic carbocycles. The molecule has 8 rings (SSSR count). The van der Waals surface area contributed by atoms with E-state index in [-0.39, 0.29) is 16.7 Å². The molecule has 0 saturated heterocycles. The average molecular weight is 634 g/mol. The maximum atomic E-state index is 14.5. The van der Waals surface area contributed by atoms with Gasteiger partial charge in [-0.25, -0.2) is 0 Å². The molecule has 0 aliphatic carbocycles. The summed E-state index contributed by atoms with van der Waals surface area (Å²) in [6.07, 6.45) is -4.61. The lowest BCUT2D eigenvalue weighted by Gasteiger charge is -2.21. The lowest BCUT2D eigenvalue weighted by atomic mass is 9.94. The van der Waals surface area contributed by atoms with E-state index in [2.05, 4.69) is 88.0 Å². The van der Waals surface area contributed by atoms with Crippen molar-refractivity contribution in [1.29, 1.82) is 5.26 Å². The number of aromatic nitrogens is 2. The van der Waals surface area contributed by atoms with Crippen LogP contribution in [0.25, 0.3) is 66.1 Å². The van der Waals surface area contributed by atoms with Gasteiger partial charge >= 0.3 is 6.18 Å². The second-order valence-corrected chi connectivity index (χ2v) is 12.8. The van der Waals surface area contributed by atoms with Crippen LogP contribution < -0.4 is 0 Å². The fraction of sp³-hybridized carbons (Fsp3) is 0.119. The number of benzene rings is 6. The van der Waals surface area contributed by atoms with Crippen molar-refractivity contribution in [2.24, 2.45) is 0 Å². The van der Waals surface area contributed by atoms with Crippen LogP contribution in [-0.2, 0) is 6.18 Å². The Hall–Kier alpha value is -5.80. The number of nitriles is 1. The number of fused-ring (bicyclic) bond motifs is 6. The first-order valence-corrected chi connectivity index (χ1v) is 15.8. The standard InChI is InChI=1S/C42H30F3N3/c1-24-9-13-30-31-14-10-25(2)18-37(31)47(36(30)17-24)40-21-28(23-46)34(29-7-5-6-8-35(29)42(43,44)45)22-41(40)48-38-19-26(3)11-15-32(38)33-16-12-27(4)20-39(33)48/h5-22H,1-4H3. The molecular formula is C42H30F3N3. The molecule has 0 saturated carbocycles. The van der Waals surface area contributed by atoms with Crippen molar-refractivity contribution in [1.82, 2.24) is 9.13 Å². The van der Waals surface area contributed by atoms with Crippen molar-refractivity contribution in [3.05, 3.63) is 143 Å². The molecule has 0 fully saturated rings. The number of halogens is 3. The molecule has 0 unspecified atom stereocenters. The second kappa shape index (κ2) is 10.6. The fourth-order valence-corrected chi connectivity index (χ4v) is 7.21. The molecule has 0 bridgehead atoms. The van der Waals surface area contributed by atoms with Gasteiger partial charge in [0.25, 0.3) is 0 Å². The molecule has 0 aliphatic heterocycles. The summed E-state index contributed by atoms with van der Waals surface area (Å²) in [6.45, 7) is 8.17. The summed E-state index contributed by atoms with van der Waals surface area (Å²) < 4.78 is 47.8. The van der Waals surface area contributed by atoms with Crippen LogP contribution in [-0.4, -0.2) is 9.13 Å². The number of hydrogen-bond acceptors (Lipinski definition) is 1. The Balaban J connectivity index is 1.62. The summed E-state index contributed by atoms with van der Waals surface area (Å²) in [7, 11) is 0. The molecule has 3 nitrogen and oxygen atoms in total. The minimum absolute atomic E-state index is 0.0311. The molecule has 0 amide bonds. The molecule has 0 spiro atoms. The maximum Gasteiger partial charge on any atom is 0.417 e. The minimum atomic E-state index is -4.61. The van der Waals surface area contributed by atoms with Crippen LogP contribution in [0.3, 0.4) is 0 Å². The van der Waals surface area contributed by atoms with E-state index in [9.17, 15) is 18.4 Å². The van der Waals surface area contributed by atoms with Crippen LogP contribution >= 0.6 is 0 Å².